The van der Waals surface area contributed by atoms with Crippen LogP contribution in [0, 0.1) is 6.92 Å². The molecule has 1 unspecified atom stereocenters. The van der Waals surface area contributed by atoms with Crippen molar-refractivity contribution in [3.05, 3.63) is 41.1 Å². The fraction of sp³-hybridized carbons (Fsp3) is 0.474. The van der Waals surface area contributed by atoms with Gasteiger partial charge in [-0.3, -0.25) is 9.48 Å². The molecule has 0 saturated heterocycles. The summed E-state index contributed by atoms with van der Waals surface area (Å²) in [6.45, 7) is 2.00. The minimum absolute atomic E-state index is 0.0233. The second-order valence-electron chi connectivity index (χ2n) is 6.81. The number of ether oxygens (including phenoxy) is 1. The highest BCUT2D eigenvalue weighted by Crippen LogP contribution is 2.43. The molecule has 0 bridgehead atoms. The van der Waals surface area contributed by atoms with Crippen molar-refractivity contribution in [1.82, 2.24) is 9.78 Å². The molecule has 1 fully saturated rings. The van der Waals surface area contributed by atoms with E-state index in [9.17, 15) is 4.79 Å². The summed E-state index contributed by atoms with van der Waals surface area (Å²) in [5.41, 5.74) is 3.21. The predicted octanol–water partition coefficient (Wildman–Crippen LogP) is 3.82. The number of anilines is 1. The van der Waals surface area contributed by atoms with E-state index < -0.39 is 0 Å². The van der Waals surface area contributed by atoms with Crippen LogP contribution in [-0.4, -0.2) is 27.5 Å². The van der Waals surface area contributed by atoms with Gasteiger partial charge < -0.3 is 10.1 Å². The SMILES string of the molecule is Cc1nn(C)c2c1C(c1cccc(OC3CCCC3)c1)SCC(=O)N2. The third kappa shape index (κ3) is 3.27. The summed E-state index contributed by atoms with van der Waals surface area (Å²) in [5, 5.41) is 7.58. The molecule has 1 aliphatic carbocycles. The van der Waals surface area contributed by atoms with Gasteiger partial charge in [-0.25, -0.2) is 0 Å². The molecule has 1 saturated carbocycles. The van der Waals surface area contributed by atoms with Crippen molar-refractivity contribution in [3.8, 4) is 5.75 Å². The third-order valence-electron chi connectivity index (χ3n) is 4.94. The summed E-state index contributed by atoms with van der Waals surface area (Å²) in [6, 6.07) is 8.32. The number of hydrogen-bond donors (Lipinski definition) is 1. The van der Waals surface area contributed by atoms with Gasteiger partial charge in [0.05, 0.1) is 22.8 Å². The van der Waals surface area contributed by atoms with E-state index in [2.05, 4.69) is 22.5 Å². The van der Waals surface area contributed by atoms with Crippen LogP contribution in [0.4, 0.5) is 5.82 Å². The Bertz CT molecular complexity index is 796. The maximum absolute atomic E-state index is 12.1. The monoisotopic (exact) mass is 357 g/mol. The average molecular weight is 357 g/mol. The number of nitrogens with one attached hydrogen (secondary N) is 1. The zero-order valence-corrected chi connectivity index (χ0v) is 15.4. The minimum Gasteiger partial charge on any atom is -0.490 e. The van der Waals surface area contributed by atoms with Crippen LogP contribution >= 0.6 is 11.8 Å². The second kappa shape index (κ2) is 6.75. The molecule has 2 aromatic rings. The number of benzene rings is 1. The Morgan fingerprint density at radius 3 is 2.92 bits per heavy atom. The number of thioether (sulfide) groups is 1. The minimum atomic E-state index is 0.0233. The van der Waals surface area contributed by atoms with Crippen LogP contribution in [0.25, 0.3) is 0 Å². The number of rotatable bonds is 3. The number of fused-ring (bicyclic) bond motifs is 1. The van der Waals surface area contributed by atoms with Crippen molar-refractivity contribution in [2.24, 2.45) is 7.05 Å². The van der Waals surface area contributed by atoms with Crippen LogP contribution in [-0.2, 0) is 11.8 Å². The molecule has 5 nitrogen and oxygen atoms in total. The molecule has 2 heterocycles. The Labute approximate surface area is 152 Å². The molecule has 1 aromatic heterocycles. The van der Waals surface area contributed by atoms with Crippen LogP contribution in [0.15, 0.2) is 24.3 Å². The zero-order chi connectivity index (χ0) is 17.4. The van der Waals surface area contributed by atoms with Gasteiger partial charge in [-0.15, -0.1) is 11.8 Å². The van der Waals surface area contributed by atoms with E-state index in [1.165, 1.54) is 12.8 Å². The molecule has 6 heteroatoms. The van der Waals surface area contributed by atoms with E-state index in [4.69, 9.17) is 4.74 Å². The number of amides is 1. The lowest BCUT2D eigenvalue weighted by atomic mass is 10.0. The van der Waals surface area contributed by atoms with E-state index in [1.54, 1.807) is 16.4 Å². The van der Waals surface area contributed by atoms with Gasteiger partial charge in [0.1, 0.15) is 11.6 Å². The lowest BCUT2D eigenvalue weighted by molar-refractivity contribution is -0.113. The van der Waals surface area contributed by atoms with Crippen molar-refractivity contribution in [3.63, 3.8) is 0 Å². The van der Waals surface area contributed by atoms with E-state index in [-0.39, 0.29) is 11.2 Å². The number of carbonyl (C=O) groups is 1. The third-order valence-corrected chi connectivity index (χ3v) is 6.21. The topological polar surface area (TPSA) is 56.2 Å². The Morgan fingerprint density at radius 1 is 1.32 bits per heavy atom. The standard InChI is InChI=1S/C19H23N3O2S/c1-12-17-18(25-11-16(23)20-19(17)22(2)21-12)13-6-5-9-15(10-13)24-14-7-3-4-8-14/h5-6,9-10,14,18H,3-4,7-8,11H2,1-2H3,(H,20,23). The van der Waals surface area contributed by atoms with Crippen LogP contribution < -0.4 is 10.1 Å². The molecule has 1 aromatic carbocycles. The largest absolute Gasteiger partial charge is 0.490 e. The van der Waals surface area contributed by atoms with Crippen molar-refractivity contribution in [1.29, 1.82) is 0 Å². The summed E-state index contributed by atoms with van der Waals surface area (Å²) in [6.07, 6.45) is 5.15. The van der Waals surface area contributed by atoms with Crippen molar-refractivity contribution >= 4 is 23.5 Å². The van der Waals surface area contributed by atoms with Gasteiger partial charge in [0.2, 0.25) is 5.91 Å². The van der Waals surface area contributed by atoms with Gasteiger partial charge in [-0.2, -0.15) is 5.10 Å². The quantitative estimate of drug-likeness (QED) is 0.907. The molecule has 0 radical (unpaired) electrons. The first-order valence-electron chi connectivity index (χ1n) is 8.83. The normalized spacial score (nSPS) is 20.9. The Kier molecular flexibility index (Phi) is 4.46. The first kappa shape index (κ1) is 16.5. The fourth-order valence-corrected chi connectivity index (χ4v) is 4.94. The molecule has 0 spiro atoms. The molecular formula is C19H23N3O2S. The van der Waals surface area contributed by atoms with E-state index in [0.717, 1.165) is 41.2 Å². The summed E-state index contributed by atoms with van der Waals surface area (Å²) in [5.74, 6) is 2.19. The second-order valence-corrected chi connectivity index (χ2v) is 7.90. The predicted molar refractivity (Wildman–Crippen MR) is 100 cm³/mol. The highest BCUT2D eigenvalue weighted by atomic mass is 32.2. The number of carbonyl (C=O) groups excluding carboxylic acids is 1. The van der Waals surface area contributed by atoms with Crippen molar-refractivity contribution in [2.45, 2.75) is 44.0 Å². The van der Waals surface area contributed by atoms with E-state index in [1.807, 2.05) is 26.1 Å². The van der Waals surface area contributed by atoms with Crippen LogP contribution in [0.2, 0.25) is 0 Å². The summed E-state index contributed by atoms with van der Waals surface area (Å²) >= 11 is 1.65. The number of hydrogen-bond acceptors (Lipinski definition) is 4. The van der Waals surface area contributed by atoms with Crippen molar-refractivity contribution in [2.75, 3.05) is 11.1 Å². The summed E-state index contributed by atoms with van der Waals surface area (Å²) < 4.78 is 7.93. The van der Waals surface area contributed by atoms with Gasteiger partial charge in [0, 0.05) is 12.6 Å². The molecule has 25 heavy (non-hydrogen) atoms. The number of aromatic nitrogens is 2. The molecule has 1 amide bonds. The van der Waals surface area contributed by atoms with Crippen LogP contribution in [0.3, 0.4) is 0 Å². The van der Waals surface area contributed by atoms with Crippen molar-refractivity contribution < 1.29 is 9.53 Å². The maximum Gasteiger partial charge on any atom is 0.235 e. The van der Waals surface area contributed by atoms with E-state index >= 15 is 0 Å². The average Bonchev–Trinajstić information content (AvgIpc) is 3.13. The lowest BCUT2D eigenvalue weighted by Gasteiger charge is -2.18. The van der Waals surface area contributed by atoms with Gasteiger partial charge in [-0.05, 0) is 50.3 Å². The molecule has 1 atom stereocenters. The first-order valence-corrected chi connectivity index (χ1v) is 9.88. The lowest BCUT2D eigenvalue weighted by Crippen LogP contribution is -2.15. The molecular weight excluding hydrogens is 334 g/mol. The maximum atomic E-state index is 12.1. The summed E-state index contributed by atoms with van der Waals surface area (Å²) in [4.78, 5) is 12.1. The molecule has 1 N–H and O–H groups in total. The zero-order valence-electron chi connectivity index (χ0n) is 14.6. The number of nitrogens with zero attached hydrogens (tertiary/aromatic N) is 2. The molecule has 4 rings (SSSR count). The first-order chi connectivity index (χ1) is 12.1. The molecule has 132 valence electrons. The Morgan fingerprint density at radius 2 is 2.12 bits per heavy atom. The highest BCUT2D eigenvalue weighted by Gasteiger charge is 2.29. The van der Waals surface area contributed by atoms with Crippen LogP contribution in [0.1, 0.15) is 47.8 Å². The highest BCUT2D eigenvalue weighted by molar-refractivity contribution is 8.00. The van der Waals surface area contributed by atoms with Gasteiger partial charge in [-0.1, -0.05) is 12.1 Å². The van der Waals surface area contributed by atoms with Gasteiger partial charge in [0.25, 0.3) is 0 Å². The van der Waals surface area contributed by atoms with E-state index in [0.29, 0.717) is 11.9 Å². The summed E-state index contributed by atoms with van der Waals surface area (Å²) in [7, 11) is 1.87. The Hall–Kier alpha value is -1.95. The Balaban J connectivity index is 1.68. The molecule has 1 aliphatic heterocycles. The number of aryl methyl sites for hydroxylation is 2. The fourth-order valence-electron chi connectivity index (χ4n) is 3.76. The van der Waals surface area contributed by atoms with Gasteiger partial charge in [0.15, 0.2) is 0 Å². The molecule has 2 aliphatic rings. The van der Waals surface area contributed by atoms with Gasteiger partial charge >= 0.3 is 0 Å². The van der Waals surface area contributed by atoms with Crippen LogP contribution in [0.5, 0.6) is 5.75 Å². The smallest absolute Gasteiger partial charge is 0.235 e.